The van der Waals surface area contributed by atoms with Crippen molar-refractivity contribution in [1.29, 1.82) is 0 Å². The molecule has 0 N–H and O–H groups in total. The summed E-state index contributed by atoms with van der Waals surface area (Å²) in [6, 6.07) is 0. The molecule has 0 spiro atoms. The van der Waals surface area contributed by atoms with Crippen molar-refractivity contribution < 1.29 is 9.53 Å². The molecule has 0 saturated heterocycles. The van der Waals surface area contributed by atoms with Crippen molar-refractivity contribution in [2.75, 3.05) is 6.61 Å². The molecule has 0 aliphatic carbocycles. The summed E-state index contributed by atoms with van der Waals surface area (Å²) in [5.74, 6) is -0.182. The third kappa shape index (κ3) is 11.3. The maximum atomic E-state index is 10.1. The fourth-order valence-electron chi connectivity index (χ4n) is 0.360. The van der Waals surface area contributed by atoms with Crippen LogP contribution in [0.15, 0.2) is 0 Å². The van der Waals surface area contributed by atoms with Crippen molar-refractivity contribution in [2.45, 2.75) is 26.7 Å². The zero-order valence-corrected chi connectivity index (χ0v) is 6.94. The number of hydrogen-bond donors (Lipinski definition) is 0. The number of esters is 1. The van der Waals surface area contributed by atoms with Gasteiger partial charge in [-0.05, 0) is 6.42 Å². The third-order valence-electron chi connectivity index (χ3n) is 0.803. The lowest BCUT2D eigenvalue weighted by atomic mass is 10.4. The minimum absolute atomic E-state index is 0. The molecule has 2 nitrogen and oxygen atoms in total. The Bertz CT molecular complexity index is 73.5. The van der Waals surface area contributed by atoms with Gasteiger partial charge in [-0.25, -0.2) is 0 Å². The van der Waals surface area contributed by atoms with E-state index in [2.05, 4.69) is 11.7 Å². The lowest BCUT2D eigenvalue weighted by Gasteiger charge is -1.96. The smallest absolute Gasteiger partial charge is 0.302 e. The van der Waals surface area contributed by atoms with Crippen LogP contribution in [-0.2, 0) is 9.53 Å². The first kappa shape index (κ1) is 11.5. The van der Waals surface area contributed by atoms with Gasteiger partial charge < -0.3 is 4.74 Å². The standard InChI is InChI=1S/C6H12O2.Si/c1-3-4-5-8-6(2)7;/h3-5H2,1-2H3;. The molecule has 0 aromatic heterocycles. The predicted molar refractivity (Wildman–Crippen MR) is 37.3 cm³/mol. The number of ether oxygens (including phenoxy) is 1. The van der Waals surface area contributed by atoms with Gasteiger partial charge in [-0.2, -0.15) is 0 Å². The van der Waals surface area contributed by atoms with Gasteiger partial charge in [0.15, 0.2) is 0 Å². The van der Waals surface area contributed by atoms with Gasteiger partial charge in [0.05, 0.1) is 6.61 Å². The van der Waals surface area contributed by atoms with E-state index in [-0.39, 0.29) is 16.9 Å². The van der Waals surface area contributed by atoms with Crippen molar-refractivity contribution in [3.8, 4) is 0 Å². The molecule has 3 heteroatoms. The molecular weight excluding hydrogens is 132 g/mol. The lowest BCUT2D eigenvalue weighted by molar-refractivity contribution is -0.141. The average molecular weight is 144 g/mol. The second-order valence-electron chi connectivity index (χ2n) is 1.69. The zero-order chi connectivity index (χ0) is 6.41. The Labute approximate surface area is 60.6 Å². The van der Waals surface area contributed by atoms with Crippen LogP contribution in [0.4, 0.5) is 0 Å². The summed E-state index contributed by atoms with van der Waals surface area (Å²) in [6.07, 6.45) is 2.05. The van der Waals surface area contributed by atoms with Crippen molar-refractivity contribution in [3.05, 3.63) is 0 Å². The lowest BCUT2D eigenvalue weighted by Crippen LogP contribution is -1.99. The van der Waals surface area contributed by atoms with Crippen LogP contribution in [0, 0.1) is 0 Å². The van der Waals surface area contributed by atoms with E-state index in [9.17, 15) is 4.79 Å². The van der Waals surface area contributed by atoms with Crippen LogP contribution < -0.4 is 0 Å². The quantitative estimate of drug-likeness (QED) is 0.335. The maximum Gasteiger partial charge on any atom is 0.302 e. The van der Waals surface area contributed by atoms with Gasteiger partial charge in [-0.3, -0.25) is 4.79 Å². The van der Waals surface area contributed by atoms with Crippen LogP contribution in [-0.4, -0.2) is 23.5 Å². The van der Waals surface area contributed by atoms with Gasteiger partial charge in [0.25, 0.3) is 0 Å². The van der Waals surface area contributed by atoms with Crippen LogP contribution in [0.3, 0.4) is 0 Å². The van der Waals surface area contributed by atoms with Gasteiger partial charge in [0.1, 0.15) is 0 Å². The minimum Gasteiger partial charge on any atom is -0.466 e. The van der Waals surface area contributed by atoms with E-state index >= 15 is 0 Å². The highest BCUT2D eigenvalue weighted by Gasteiger charge is 1.88. The zero-order valence-electron chi connectivity index (χ0n) is 5.94. The van der Waals surface area contributed by atoms with Crippen molar-refractivity contribution in [3.63, 3.8) is 0 Å². The van der Waals surface area contributed by atoms with Crippen molar-refractivity contribution in [2.24, 2.45) is 0 Å². The predicted octanol–water partition coefficient (Wildman–Crippen LogP) is 0.969. The summed E-state index contributed by atoms with van der Waals surface area (Å²) < 4.78 is 4.64. The van der Waals surface area contributed by atoms with E-state index in [1.54, 1.807) is 0 Å². The van der Waals surface area contributed by atoms with Gasteiger partial charge in [-0.1, -0.05) is 13.3 Å². The first-order chi connectivity index (χ1) is 3.77. The van der Waals surface area contributed by atoms with Gasteiger partial charge in [0.2, 0.25) is 0 Å². The molecule has 9 heavy (non-hydrogen) atoms. The second kappa shape index (κ2) is 7.69. The normalized spacial score (nSPS) is 7.78. The molecule has 0 aromatic rings. The number of carbonyl (C=O) groups is 1. The molecule has 0 atom stereocenters. The molecule has 0 bridgehead atoms. The Kier molecular flexibility index (Phi) is 9.80. The molecule has 0 aromatic carbocycles. The van der Waals surface area contributed by atoms with Crippen molar-refractivity contribution >= 4 is 16.9 Å². The molecule has 0 aliphatic heterocycles. The first-order valence-corrected chi connectivity index (χ1v) is 2.90. The molecular formula is C6H12O2Si. The van der Waals surface area contributed by atoms with E-state index in [0.717, 1.165) is 12.8 Å². The average Bonchev–Trinajstić information content (AvgIpc) is 1.66. The number of hydrogen-bond acceptors (Lipinski definition) is 2. The number of carbonyl (C=O) groups excluding carboxylic acids is 1. The Morgan fingerprint density at radius 2 is 2.11 bits per heavy atom. The molecule has 0 unspecified atom stereocenters. The topological polar surface area (TPSA) is 26.3 Å². The van der Waals surface area contributed by atoms with Crippen LogP contribution >= 0.6 is 0 Å². The molecule has 0 heterocycles. The highest BCUT2D eigenvalue weighted by atomic mass is 28.1. The second-order valence-corrected chi connectivity index (χ2v) is 1.69. The summed E-state index contributed by atoms with van der Waals surface area (Å²) in [7, 11) is 0. The maximum absolute atomic E-state index is 10.1. The van der Waals surface area contributed by atoms with Gasteiger partial charge >= 0.3 is 5.97 Å². The Balaban J connectivity index is 0. The monoisotopic (exact) mass is 144 g/mol. The van der Waals surface area contributed by atoms with Gasteiger partial charge in [0, 0.05) is 17.9 Å². The highest BCUT2D eigenvalue weighted by Crippen LogP contribution is 1.86. The van der Waals surface area contributed by atoms with Gasteiger partial charge in [-0.15, -0.1) is 0 Å². The minimum atomic E-state index is -0.182. The largest absolute Gasteiger partial charge is 0.466 e. The van der Waals surface area contributed by atoms with E-state index < -0.39 is 0 Å². The Morgan fingerprint density at radius 3 is 2.44 bits per heavy atom. The van der Waals surface area contributed by atoms with Crippen LogP contribution in [0.1, 0.15) is 26.7 Å². The summed E-state index contributed by atoms with van der Waals surface area (Å²) in [5, 5.41) is 0. The van der Waals surface area contributed by atoms with E-state index in [1.807, 2.05) is 0 Å². The number of unbranched alkanes of at least 4 members (excludes halogenated alkanes) is 1. The summed E-state index contributed by atoms with van der Waals surface area (Å²) in [6.45, 7) is 4.06. The molecule has 4 radical (unpaired) electrons. The van der Waals surface area contributed by atoms with Crippen molar-refractivity contribution in [1.82, 2.24) is 0 Å². The van der Waals surface area contributed by atoms with Crippen LogP contribution in [0.5, 0.6) is 0 Å². The van der Waals surface area contributed by atoms with E-state index in [4.69, 9.17) is 0 Å². The summed E-state index contributed by atoms with van der Waals surface area (Å²) >= 11 is 0. The number of rotatable bonds is 3. The highest BCUT2D eigenvalue weighted by molar-refractivity contribution is 5.75. The molecule has 52 valence electrons. The van der Waals surface area contributed by atoms with Crippen LogP contribution in [0.25, 0.3) is 0 Å². The summed E-state index contributed by atoms with van der Waals surface area (Å²) in [5.41, 5.74) is 0. The fraction of sp³-hybridized carbons (Fsp3) is 0.833. The molecule has 0 rings (SSSR count). The molecule has 0 saturated carbocycles. The summed E-state index contributed by atoms with van der Waals surface area (Å²) in [4.78, 5) is 10.1. The van der Waals surface area contributed by atoms with E-state index in [0.29, 0.717) is 6.61 Å². The molecule has 0 amide bonds. The first-order valence-electron chi connectivity index (χ1n) is 2.90. The Hall–Kier alpha value is -0.313. The Morgan fingerprint density at radius 1 is 1.56 bits per heavy atom. The molecule has 0 aliphatic rings. The van der Waals surface area contributed by atoms with E-state index in [1.165, 1.54) is 6.92 Å². The SMILES string of the molecule is CCCCOC(C)=O.[Si]. The fourth-order valence-corrected chi connectivity index (χ4v) is 0.360. The third-order valence-corrected chi connectivity index (χ3v) is 0.803. The molecule has 0 fully saturated rings. The van der Waals surface area contributed by atoms with Crippen LogP contribution in [0.2, 0.25) is 0 Å².